The van der Waals surface area contributed by atoms with Gasteiger partial charge in [-0.05, 0) is 42.8 Å². The highest BCUT2D eigenvalue weighted by Crippen LogP contribution is 2.20. The summed E-state index contributed by atoms with van der Waals surface area (Å²) in [5.41, 5.74) is 2.96. The average Bonchev–Trinajstić information content (AvgIpc) is 2.74. The second-order valence-electron chi connectivity index (χ2n) is 6.74. The van der Waals surface area contributed by atoms with E-state index in [1.807, 2.05) is 31.2 Å². The van der Waals surface area contributed by atoms with Gasteiger partial charge in [0.05, 0.1) is 23.5 Å². The van der Waals surface area contributed by atoms with Crippen LogP contribution >= 0.6 is 11.6 Å². The summed E-state index contributed by atoms with van der Waals surface area (Å²) >= 11 is 5.85. The number of carbonyl (C=O) groups is 2. The largest absolute Gasteiger partial charge is 0.374 e. The van der Waals surface area contributed by atoms with Crippen LogP contribution in [0.5, 0.6) is 0 Å². The molecule has 154 valence electrons. The van der Waals surface area contributed by atoms with Gasteiger partial charge < -0.3 is 16.0 Å². The van der Waals surface area contributed by atoms with E-state index in [9.17, 15) is 14.0 Å². The zero-order chi connectivity index (χ0) is 21.5. The smallest absolute Gasteiger partial charge is 0.253 e. The quantitative estimate of drug-likeness (QED) is 0.510. The van der Waals surface area contributed by atoms with Crippen molar-refractivity contribution in [2.45, 2.75) is 13.5 Å². The molecular formula is C23H21ClFN3O2. The van der Waals surface area contributed by atoms with Gasteiger partial charge in [-0.1, -0.05) is 53.6 Å². The highest BCUT2D eigenvalue weighted by molar-refractivity contribution is 6.30. The first-order chi connectivity index (χ1) is 14.4. The SMILES string of the molecule is Cc1ccc(CNC(=O)c2ccccc2NC(=O)CNc2cc(Cl)ccc2F)cc1. The summed E-state index contributed by atoms with van der Waals surface area (Å²) in [4.78, 5) is 24.9. The average molecular weight is 426 g/mol. The Bertz CT molecular complexity index is 1050. The molecule has 5 nitrogen and oxygen atoms in total. The Labute approximate surface area is 179 Å². The van der Waals surface area contributed by atoms with E-state index >= 15 is 0 Å². The number of amides is 2. The van der Waals surface area contributed by atoms with E-state index in [4.69, 9.17) is 11.6 Å². The predicted octanol–water partition coefficient (Wildman–Crippen LogP) is 4.77. The number of rotatable bonds is 7. The van der Waals surface area contributed by atoms with Crippen LogP contribution in [0.1, 0.15) is 21.5 Å². The summed E-state index contributed by atoms with van der Waals surface area (Å²) in [6.07, 6.45) is 0. The van der Waals surface area contributed by atoms with Crippen LogP contribution < -0.4 is 16.0 Å². The van der Waals surface area contributed by atoms with Crippen LogP contribution in [0.2, 0.25) is 5.02 Å². The first-order valence-corrected chi connectivity index (χ1v) is 9.72. The molecule has 0 fully saturated rings. The minimum atomic E-state index is -0.511. The number of benzene rings is 3. The van der Waals surface area contributed by atoms with E-state index in [2.05, 4.69) is 16.0 Å². The number of hydrogen-bond donors (Lipinski definition) is 3. The lowest BCUT2D eigenvalue weighted by molar-refractivity contribution is -0.114. The molecule has 3 aromatic rings. The minimum absolute atomic E-state index is 0.127. The lowest BCUT2D eigenvalue weighted by atomic mass is 10.1. The van der Waals surface area contributed by atoms with Gasteiger partial charge >= 0.3 is 0 Å². The Kier molecular flexibility index (Phi) is 7.03. The topological polar surface area (TPSA) is 70.2 Å². The lowest BCUT2D eigenvalue weighted by Crippen LogP contribution is -2.27. The van der Waals surface area contributed by atoms with Gasteiger partial charge in [0.15, 0.2) is 0 Å². The van der Waals surface area contributed by atoms with E-state index in [0.717, 1.165) is 11.1 Å². The number of hydrogen-bond acceptors (Lipinski definition) is 3. The maximum absolute atomic E-state index is 13.8. The van der Waals surface area contributed by atoms with Crippen molar-refractivity contribution >= 4 is 34.8 Å². The number of nitrogens with one attached hydrogen (secondary N) is 3. The monoisotopic (exact) mass is 425 g/mol. The van der Waals surface area contributed by atoms with Crippen molar-refractivity contribution in [3.8, 4) is 0 Å². The molecule has 0 heterocycles. The van der Waals surface area contributed by atoms with Crippen LogP contribution in [0, 0.1) is 12.7 Å². The van der Waals surface area contributed by atoms with Gasteiger partial charge in [-0.2, -0.15) is 0 Å². The van der Waals surface area contributed by atoms with Gasteiger partial charge in [-0.25, -0.2) is 4.39 Å². The number of halogens is 2. The van der Waals surface area contributed by atoms with Crippen molar-refractivity contribution in [2.75, 3.05) is 17.2 Å². The van der Waals surface area contributed by atoms with Crippen molar-refractivity contribution in [3.05, 3.63) is 94.3 Å². The summed E-state index contributed by atoms with van der Waals surface area (Å²) in [6, 6.07) is 18.6. The molecule has 3 aromatic carbocycles. The van der Waals surface area contributed by atoms with Crippen LogP contribution in [0.15, 0.2) is 66.7 Å². The zero-order valence-electron chi connectivity index (χ0n) is 16.3. The lowest BCUT2D eigenvalue weighted by Gasteiger charge is -2.13. The molecule has 0 aliphatic heterocycles. The van der Waals surface area contributed by atoms with E-state index < -0.39 is 11.7 Å². The highest BCUT2D eigenvalue weighted by atomic mass is 35.5. The van der Waals surface area contributed by atoms with Gasteiger partial charge in [0.25, 0.3) is 5.91 Å². The molecular weight excluding hydrogens is 405 g/mol. The third-order valence-electron chi connectivity index (χ3n) is 4.39. The van der Waals surface area contributed by atoms with Crippen LogP contribution in [-0.2, 0) is 11.3 Å². The molecule has 3 N–H and O–H groups in total. The van der Waals surface area contributed by atoms with E-state index in [1.165, 1.54) is 18.2 Å². The summed E-state index contributed by atoms with van der Waals surface area (Å²) in [7, 11) is 0. The Balaban J connectivity index is 1.61. The van der Waals surface area contributed by atoms with Gasteiger partial charge in [0, 0.05) is 11.6 Å². The van der Waals surface area contributed by atoms with Crippen LogP contribution in [0.25, 0.3) is 0 Å². The van der Waals surface area contributed by atoms with Crippen molar-refractivity contribution in [3.63, 3.8) is 0 Å². The first kappa shape index (κ1) is 21.3. The number of aryl methyl sites for hydroxylation is 1. The molecule has 0 aliphatic carbocycles. The molecule has 2 amide bonds. The number of anilines is 2. The third kappa shape index (κ3) is 5.81. The molecule has 0 unspecified atom stereocenters. The van der Waals surface area contributed by atoms with Crippen LogP contribution in [0.4, 0.5) is 15.8 Å². The third-order valence-corrected chi connectivity index (χ3v) is 4.62. The molecule has 0 bridgehead atoms. The highest BCUT2D eigenvalue weighted by Gasteiger charge is 2.13. The summed E-state index contributed by atoms with van der Waals surface area (Å²) in [6.45, 7) is 2.19. The van der Waals surface area contributed by atoms with E-state index in [-0.39, 0.29) is 18.1 Å². The second-order valence-corrected chi connectivity index (χ2v) is 7.18. The van der Waals surface area contributed by atoms with Gasteiger partial charge in [-0.15, -0.1) is 0 Å². The molecule has 0 aromatic heterocycles. The van der Waals surface area contributed by atoms with Crippen molar-refractivity contribution < 1.29 is 14.0 Å². The standard InChI is InChI=1S/C23H21ClFN3O2/c1-15-6-8-16(9-7-15)13-27-23(30)18-4-2-3-5-20(18)28-22(29)14-26-21-12-17(24)10-11-19(21)25/h2-12,26H,13-14H2,1H3,(H,27,30)(H,28,29). The Morgan fingerprint density at radius 1 is 0.967 bits per heavy atom. The Hall–Kier alpha value is -3.38. The molecule has 3 rings (SSSR count). The maximum atomic E-state index is 13.8. The first-order valence-electron chi connectivity index (χ1n) is 9.34. The normalized spacial score (nSPS) is 10.4. The van der Waals surface area contributed by atoms with Crippen molar-refractivity contribution in [1.82, 2.24) is 5.32 Å². The summed E-state index contributed by atoms with van der Waals surface area (Å²) < 4.78 is 13.8. The van der Waals surface area contributed by atoms with Gasteiger partial charge in [0.1, 0.15) is 5.82 Å². The molecule has 0 radical (unpaired) electrons. The Morgan fingerprint density at radius 3 is 2.47 bits per heavy atom. The van der Waals surface area contributed by atoms with E-state index in [1.54, 1.807) is 24.3 Å². The molecule has 0 saturated heterocycles. The molecule has 30 heavy (non-hydrogen) atoms. The Morgan fingerprint density at radius 2 is 1.70 bits per heavy atom. The van der Waals surface area contributed by atoms with Gasteiger partial charge in [-0.3, -0.25) is 9.59 Å². The fourth-order valence-corrected chi connectivity index (χ4v) is 2.95. The van der Waals surface area contributed by atoms with Crippen LogP contribution in [-0.4, -0.2) is 18.4 Å². The number of carbonyl (C=O) groups excluding carboxylic acids is 2. The molecule has 0 saturated carbocycles. The van der Waals surface area contributed by atoms with Crippen molar-refractivity contribution in [1.29, 1.82) is 0 Å². The molecule has 7 heteroatoms. The van der Waals surface area contributed by atoms with Gasteiger partial charge in [0.2, 0.25) is 5.91 Å². The number of para-hydroxylation sites is 1. The maximum Gasteiger partial charge on any atom is 0.253 e. The molecule has 0 aliphatic rings. The van der Waals surface area contributed by atoms with Crippen molar-refractivity contribution in [2.24, 2.45) is 0 Å². The fourth-order valence-electron chi connectivity index (χ4n) is 2.78. The molecule has 0 atom stereocenters. The van der Waals surface area contributed by atoms with E-state index in [0.29, 0.717) is 22.8 Å². The van der Waals surface area contributed by atoms with Crippen LogP contribution in [0.3, 0.4) is 0 Å². The zero-order valence-corrected chi connectivity index (χ0v) is 17.1. The summed E-state index contributed by atoms with van der Waals surface area (Å²) in [5.74, 6) is -1.24. The molecule has 0 spiro atoms. The second kappa shape index (κ2) is 9.89. The predicted molar refractivity (Wildman–Crippen MR) is 117 cm³/mol. The minimum Gasteiger partial charge on any atom is -0.374 e. The fraction of sp³-hybridized carbons (Fsp3) is 0.130. The summed E-state index contributed by atoms with van der Waals surface area (Å²) in [5, 5.41) is 8.59.